The summed E-state index contributed by atoms with van der Waals surface area (Å²) in [5, 5.41) is 6.80. The molecule has 0 heterocycles. The standard InChI is InChI=1S/C7H8NO4S2/c1-13(9,10)6-4-2-3-5-7(6)14(8,11)12/h2-5,8H,1H3. The molecule has 0 spiro atoms. The van der Waals surface area contributed by atoms with Crippen LogP contribution in [0.2, 0.25) is 0 Å². The molecule has 0 saturated carbocycles. The van der Waals surface area contributed by atoms with E-state index >= 15 is 0 Å². The number of sulfone groups is 1. The van der Waals surface area contributed by atoms with Crippen molar-refractivity contribution in [3.05, 3.63) is 24.3 Å². The molecule has 0 unspecified atom stereocenters. The van der Waals surface area contributed by atoms with Gasteiger partial charge in [0.05, 0.1) is 4.90 Å². The zero-order chi connectivity index (χ0) is 11.0. The van der Waals surface area contributed by atoms with Crippen molar-refractivity contribution in [1.82, 2.24) is 5.14 Å². The average Bonchev–Trinajstić information content (AvgIpc) is 2.01. The topological polar surface area (TPSA) is 92.1 Å². The van der Waals surface area contributed by atoms with Crippen LogP contribution < -0.4 is 5.14 Å². The van der Waals surface area contributed by atoms with Crippen LogP contribution in [0.4, 0.5) is 0 Å². The number of hydrogen-bond acceptors (Lipinski definition) is 4. The second kappa shape index (κ2) is 3.34. The Hall–Kier alpha value is -0.920. The van der Waals surface area contributed by atoms with Gasteiger partial charge in [-0.25, -0.2) is 16.8 Å². The lowest BCUT2D eigenvalue weighted by molar-refractivity contribution is 0.585. The Bertz CT molecular complexity index is 494. The minimum absolute atomic E-state index is 0.338. The highest BCUT2D eigenvalue weighted by molar-refractivity contribution is 7.93. The van der Waals surface area contributed by atoms with Gasteiger partial charge in [-0.3, -0.25) is 0 Å². The lowest BCUT2D eigenvalue weighted by Crippen LogP contribution is -2.08. The Morgan fingerprint density at radius 3 is 1.71 bits per heavy atom. The fourth-order valence-corrected chi connectivity index (χ4v) is 3.11. The van der Waals surface area contributed by atoms with Crippen LogP contribution in [0.3, 0.4) is 0 Å². The molecule has 0 fully saturated rings. The van der Waals surface area contributed by atoms with E-state index in [2.05, 4.69) is 0 Å². The number of benzene rings is 1. The number of rotatable bonds is 2. The van der Waals surface area contributed by atoms with Crippen molar-refractivity contribution < 1.29 is 16.8 Å². The molecule has 0 aliphatic heterocycles. The molecule has 1 aromatic carbocycles. The van der Waals surface area contributed by atoms with Gasteiger partial charge in [0.1, 0.15) is 4.90 Å². The van der Waals surface area contributed by atoms with Gasteiger partial charge in [0.25, 0.3) is 10.0 Å². The Labute approximate surface area is 82.5 Å². The molecule has 1 N–H and O–H groups in total. The molecule has 1 rings (SSSR count). The molecule has 0 saturated heterocycles. The molecule has 0 aliphatic rings. The van der Waals surface area contributed by atoms with E-state index in [1.165, 1.54) is 12.1 Å². The number of hydrogen-bond donors (Lipinski definition) is 0. The summed E-state index contributed by atoms with van der Waals surface area (Å²) < 4.78 is 44.1. The van der Waals surface area contributed by atoms with Crippen molar-refractivity contribution >= 4 is 19.9 Å². The van der Waals surface area contributed by atoms with Crippen LogP contribution in [-0.4, -0.2) is 23.1 Å². The average molecular weight is 234 g/mol. The summed E-state index contributed by atoms with van der Waals surface area (Å²) >= 11 is 0. The highest BCUT2D eigenvalue weighted by atomic mass is 32.2. The number of nitrogens with one attached hydrogen (secondary N) is 1. The number of sulfonamides is 1. The summed E-state index contributed by atoms with van der Waals surface area (Å²) in [4.78, 5) is -0.822. The minimum Gasteiger partial charge on any atom is -0.224 e. The van der Waals surface area contributed by atoms with Crippen LogP contribution in [-0.2, 0) is 19.9 Å². The molecule has 0 aliphatic carbocycles. The van der Waals surface area contributed by atoms with E-state index in [1.807, 2.05) is 0 Å². The quantitative estimate of drug-likeness (QED) is 0.723. The fraction of sp³-hybridized carbons (Fsp3) is 0.143. The Morgan fingerprint density at radius 2 is 1.43 bits per heavy atom. The van der Waals surface area contributed by atoms with Crippen molar-refractivity contribution in [2.24, 2.45) is 0 Å². The first-order valence-corrected chi connectivity index (χ1v) is 6.89. The first kappa shape index (κ1) is 11.2. The largest absolute Gasteiger partial charge is 0.255 e. The summed E-state index contributed by atoms with van der Waals surface area (Å²) in [6.07, 6.45) is 0.900. The molecule has 1 radical (unpaired) electrons. The normalized spacial score (nSPS) is 12.7. The highest BCUT2D eigenvalue weighted by Crippen LogP contribution is 2.19. The molecule has 14 heavy (non-hydrogen) atoms. The first-order valence-electron chi connectivity index (χ1n) is 3.51. The highest BCUT2D eigenvalue weighted by Gasteiger charge is 2.20. The Morgan fingerprint density at radius 1 is 1.00 bits per heavy atom. The van der Waals surface area contributed by atoms with Crippen molar-refractivity contribution in [2.45, 2.75) is 9.79 Å². The van der Waals surface area contributed by atoms with Gasteiger partial charge in [-0.1, -0.05) is 12.1 Å². The maximum Gasteiger partial charge on any atom is 0.255 e. The SMILES string of the molecule is CS(=O)(=O)c1ccccc1S([NH])(=O)=O. The van der Waals surface area contributed by atoms with Gasteiger partial charge in [0.2, 0.25) is 0 Å². The molecule has 0 aromatic heterocycles. The molecule has 0 bridgehead atoms. The molecular weight excluding hydrogens is 226 g/mol. The van der Waals surface area contributed by atoms with E-state index in [4.69, 9.17) is 5.14 Å². The van der Waals surface area contributed by atoms with Crippen LogP contribution >= 0.6 is 0 Å². The predicted molar refractivity (Wildman–Crippen MR) is 49.8 cm³/mol. The lowest BCUT2D eigenvalue weighted by atomic mass is 10.4. The second-order valence-electron chi connectivity index (χ2n) is 2.72. The first-order chi connectivity index (χ1) is 6.23. The maximum atomic E-state index is 11.2. The summed E-state index contributed by atoms with van der Waals surface area (Å²) in [7, 11) is -7.86. The molecule has 5 nitrogen and oxygen atoms in total. The van der Waals surface area contributed by atoms with E-state index in [0.29, 0.717) is 0 Å². The van der Waals surface area contributed by atoms with Crippen molar-refractivity contribution in [3.63, 3.8) is 0 Å². The summed E-state index contributed by atoms with van der Waals surface area (Å²) in [5.74, 6) is 0. The fourth-order valence-electron chi connectivity index (χ4n) is 0.978. The van der Waals surface area contributed by atoms with Crippen molar-refractivity contribution in [1.29, 1.82) is 0 Å². The van der Waals surface area contributed by atoms with Gasteiger partial charge in [-0.05, 0) is 12.1 Å². The van der Waals surface area contributed by atoms with Crippen LogP contribution in [0.5, 0.6) is 0 Å². The molecule has 1 aromatic rings. The molecule has 7 heteroatoms. The maximum absolute atomic E-state index is 11.2. The van der Waals surface area contributed by atoms with Gasteiger partial charge in [0.15, 0.2) is 9.84 Å². The third kappa shape index (κ3) is 2.31. The van der Waals surface area contributed by atoms with E-state index in [9.17, 15) is 16.8 Å². The lowest BCUT2D eigenvalue weighted by Gasteiger charge is -2.03. The van der Waals surface area contributed by atoms with E-state index < -0.39 is 24.8 Å². The summed E-state index contributed by atoms with van der Waals surface area (Å²) in [6, 6.07) is 5.04. The van der Waals surface area contributed by atoms with Gasteiger partial charge in [-0.15, -0.1) is 5.14 Å². The Kier molecular flexibility index (Phi) is 2.66. The van der Waals surface area contributed by atoms with Crippen LogP contribution in [0.1, 0.15) is 0 Å². The summed E-state index contributed by atoms with van der Waals surface area (Å²) in [6.45, 7) is 0. The van der Waals surface area contributed by atoms with E-state index in [0.717, 1.165) is 18.4 Å². The third-order valence-electron chi connectivity index (χ3n) is 1.54. The van der Waals surface area contributed by atoms with Crippen molar-refractivity contribution in [3.8, 4) is 0 Å². The molecule has 77 valence electrons. The zero-order valence-corrected chi connectivity index (χ0v) is 8.89. The van der Waals surface area contributed by atoms with E-state index in [1.54, 1.807) is 0 Å². The van der Waals surface area contributed by atoms with E-state index in [-0.39, 0.29) is 4.90 Å². The zero-order valence-electron chi connectivity index (χ0n) is 7.26. The van der Waals surface area contributed by atoms with Gasteiger partial charge < -0.3 is 0 Å². The van der Waals surface area contributed by atoms with Crippen LogP contribution in [0.25, 0.3) is 0 Å². The van der Waals surface area contributed by atoms with Gasteiger partial charge in [-0.2, -0.15) is 0 Å². The molecule has 0 amide bonds. The minimum atomic E-state index is -4.25. The van der Waals surface area contributed by atoms with Crippen LogP contribution in [0, 0.1) is 0 Å². The van der Waals surface area contributed by atoms with Crippen LogP contribution in [0.15, 0.2) is 34.1 Å². The third-order valence-corrected chi connectivity index (χ3v) is 3.76. The monoisotopic (exact) mass is 234 g/mol. The van der Waals surface area contributed by atoms with Gasteiger partial charge in [0, 0.05) is 6.26 Å². The second-order valence-corrected chi connectivity index (χ2v) is 6.15. The predicted octanol–water partition coefficient (Wildman–Crippen LogP) is 0.0617. The molecule has 0 atom stereocenters. The molecular formula is C7H8NO4S2. The Balaban J connectivity index is 3.64. The smallest absolute Gasteiger partial charge is 0.224 e. The van der Waals surface area contributed by atoms with Crippen molar-refractivity contribution in [2.75, 3.05) is 6.26 Å². The van der Waals surface area contributed by atoms with Gasteiger partial charge >= 0.3 is 0 Å². The summed E-state index contributed by atoms with van der Waals surface area (Å²) in [5.41, 5.74) is 0.